The Morgan fingerprint density at radius 3 is 2.86 bits per heavy atom. The van der Waals surface area contributed by atoms with E-state index in [0.717, 1.165) is 12.8 Å². The Hall–Kier alpha value is -2.68. The summed E-state index contributed by atoms with van der Waals surface area (Å²) in [5.41, 5.74) is -0.0797. The van der Waals surface area contributed by atoms with Crippen LogP contribution in [0.5, 0.6) is 0 Å². The number of aromatic amines is 1. The Labute approximate surface area is 120 Å². The van der Waals surface area contributed by atoms with Crippen molar-refractivity contribution in [2.45, 2.75) is 25.3 Å². The Morgan fingerprint density at radius 2 is 2.19 bits per heavy atom. The topological polar surface area (TPSA) is 81.6 Å². The molecule has 0 aliphatic heterocycles. The van der Waals surface area contributed by atoms with Gasteiger partial charge in [0, 0.05) is 12.5 Å². The molecule has 106 valence electrons. The van der Waals surface area contributed by atoms with Crippen LogP contribution < -0.4 is 10.9 Å². The zero-order valence-corrected chi connectivity index (χ0v) is 11.2. The summed E-state index contributed by atoms with van der Waals surface area (Å²) in [5.74, 6) is 0.281. The van der Waals surface area contributed by atoms with Gasteiger partial charge in [0.2, 0.25) is 0 Å². The van der Waals surface area contributed by atoms with Gasteiger partial charge in [0.05, 0.1) is 0 Å². The molecule has 2 N–H and O–H groups in total. The predicted octanol–water partition coefficient (Wildman–Crippen LogP) is 1.95. The first-order valence-corrected chi connectivity index (χ1v) is 6.70. The Balaban J connectivity index is 1.96. The van der Waals surface area contributed by atoms with E-state index < -0.39 is 5.56 Å². The molecule has 1 fully saturated rings. The van der Waals surface area contributed by atoms with E-state index in [-0.39, 0.29) is 29.7 Å². The third kappa shape index (κ3) is 2.92. The van der Waals surface area contributed by atoms with Crippen molar-refractivity contribution in [2.24, 2.45) is 0 Å². The summed E-state index contributed by atoms with van der Waals surface area (Å²) in [4.78, 5) is 18.7. The molecule has 1 aliphatic rings. The maximum atomic E-state index is 13.7. The van der Waals surface area contributed by atoms with E-state index in [9.17, 15) is 9.18 Å². The lowest BCUT2D eigenvalue weighted by molar-refractivity contribution is 0.612. The summed E-state index contributed by atoms with van der Waals surface area (Å²) in [6, 6.07) is 8.46. The highest BCUT2D eigenvalue weighted by atomic mass is 19.1. The molecular formula is C15H13FN4O. The number of H-pyrrole nitrogens is 1. The van der Waals surface area contributed by atoms with Crippen molar-refractivity contribution in [1.82, 2.24) is 9.97 Å². The van der Waals surface area contributed by atoms with Gasteiger partial charge in [0.25, 0.3) is 5.56 Å². The van der Waals surface area contributed by atoms with Crippen molar-refractivity contribution in [3.05, 3.63) is 57.4 Å². The molecule has 1 aromatic heterocycles. The Bertz CT molecular complexity index is 774. The molecule has 2 aromatic rings. The molecule has 1 aromatic carbocycles. The van der Waals surface area contributed by atoms with E-state index in [0.29, 0.717) is 11.4 Å². The zero-order valence-electron chi connectivity index (χ0n) is 11.2. The van der Waals surface area contributed by atoms with E-state index in [2.05, 4.69) is 15.3 Å². The summed E-state index contributed by atoms with van der Waals surface area (Å²) < 4.78 is 13.7. The van der Waals surface area contributed by atoms with Crippen LogP contribution in [0.2, 0.25) is 0 Å². The van der Waals surface area contributed by atoms with Crippen LogP contribution in [0.4, 0.5) is 10.2 Å². The van der Waals surface area contributed by atoms with Crippen molar-refractivity contribution in [3.8, 4) is 6.07 Å². The molecular weight excluding hydrogens is 271 g/mol. The van der Waals surface area contributed by atoms with Gasteiger partial charge in [-0.3, -0.25) is 4.79 Å². The minimum atomic E-state index is -0.498. The number of benzene rings is 1. The molecule has 3 rings (SSSR count). The number of hydrogen-bond acceptors (Lipinski definition) is 4. The van der Waals surface area contributed by atoms with Crippen LogP contribution >= 0.6 is 0 Å². The first kappa shape index (κ1) is 13.3. The average Bonchev–Trinajstić information content (AvgIpc) is 3.25. The fraction of sp³-hybridized carbons (Fsp3) is 0.267. The molecule has 1 saturated carbocycles. The highest BCUT2D eigenvalue weighted by molar-refractivity contribution is 5.52. The molecule has 5 nitrogen and oxygen atoms in total. The van der Waals surface area contributed by atoms with Crippen LogP contribution in [0, 0.1) is 17.1 Å². The first-order chi connectivity index (χ1) is 10.2. The molecule has 0 saturated heterocycles. The van der Waals surface area contributed by atoms with Crippen molar-refractivity contribution >= 4 is 5.82 Å². The van der Waals surface area contributed by atoms with Gasteiger partial charge < -0.3 is 10.3 Å². The number of nitrogens with one attached hydrogen (secondary N) is 2. The van der Waals surface area contributed by atoms with E-state index in [1.54, 1.807) is 18.2 Å². The number of halogens is 1. The minimum absolute atomic E-state index is 0.0285. The van der Waals surface area contributed by atoms with Gasteiger partial charge in [-0.25, -0.2) is 9.37 Å². The lowest BCUT2D eigenvalue weighted by Crippen LogP contribution is -2.20. The van der Waals surface area contributed by atoms with Crippen LogP contribution in [-0.4, -0.2) is 16.0 Å². The summed E-state index contributed by atoms with van der Waals surface area (Å²) in [6.07, 6.45) is 2.18. The molecule has 0 amide bonds. The number of rotatable bonds is 4. The van der Waals surface area contributed by atoms with Crippen LogP contribution in [0.25, 0.3) is 0 Å². The van der Waals surface area contributed by atoms with Crippen molar-refractivity contribution < 1.29 is 4.39 Å². The second kappa shape index (κ2) is 5.37. The molecule has 0 bridgehead atoms. The van der Waals surface area contributed by atoms with Gasteiger partial charge in [-0.2, -0.15) is 5.26 Å². The Morgan fingerprint density at radius 1 is 1.43 bits per heavy atom. The first-order valence-electron chi connectivity index (χ1n) is 6.70. The molecule has 1 heterocycles. The van der Waals surface area contributed by atoms with Crippen LogP contribution in [0.1, 0.15) is 29.8 Å². The number of nitrogens with zero attached hydrogens (tertiary/aromatic N) is 2. The van der Waals surface area contributed by atoms with Crippen LogP contribution in [0.15, 0.2) is 29.1 Å². The maximum Gasteiger partial charge on any atom is 0.271 e. The molecule has 21 heavy (non-hydrogen) atoms. The third-order valence-corrected chi connectivity index (χ3v) is 3.31. The molecule has 6 heteroatoms. The van der Waals surface area contributed by atoms with Crippen LogP contribution in [0.3, 0.4) is 0 Å². The highest BCUT2D eigenvalue weighted by Crippen LogP contribution is 2.24. The van der Waals surface area contributed by atoms with Gasteiger partial charge in [-0.15, -0.1) is 0 Å². The largest absolute Gasteiger partial charge is 0.366 e. The van der Waals surface area contributed by atoms with Gasteiger partial charge in [-0.05, 0) is 24.5 Å². The maximum absolute atomic E-state index is 13.7. The number of aromatic nitrogens is 2. The summed E-state index contributed by atoms with van der Waals surface area (Å²) in [7, 11) is 0. The number of nitriles is 1. The van der Waals surface area contributed by atoms with E-state index in [1.807, 2.05) is 6.07 Å². The van der Waals surface area contributed by atoms with E-state index in [4.69, 9.17) is 5.26 Å². The summed E-state index contributed by atoms with van der Waals surface area (Å²) in [6.45, 7) is 0. The van der Waals surface area contributed by atoms with Gasteiger partial charge in [0.15, 0.2) is 11.4 Å². The Kier molecular flexibility index (Phi) is 3.40. The lowest BCUT2D eigenvalue weighted by atomic mass is 10.1. The second-order valence-electron chi connectivity index (χ2n) is 5.03. The third-order valence-electron chi connectivity index (χ3n) is 3.31. The molecule has 0 atom stereocenters. The summed E-state index contributed by atoms with van der Waals surface area (Å²) >= 11 is 0. The van der Waals surface area contributed by atoms with Crippen molar-refractivity contribution in [2.75, 3.05) is 5.32 Å². The standard InChI is InChI=1S/C15H13FN4O/c16-12-4-2-1-3-9(12)7-13-19-14(18-10-5-6-10)11(8-17)15(21)20-13/h1-4,10H,5-7H2,(H2,18,19,20,21). The number of hydrogen-bond donors (Lipinski definition) is 2. The monoisotopic (exact) mass is 284 g/mol. The number of anilines is 1. The fourth-order valence-electron chi connectivity index (χ4n) is 2.05. The van der Waals surface area contributed by atoms with Crippen molar-refractivity contribution in [1.29, 1.82) is 5.26 Å². The highest BCUT2D eigenvalue weighted by Gasteiger charge is 2.24. The predicted molar refractivity (Wildman–Crippen MR) is 75.4 cm³/mol. The van der Waals surface area contributed by atoms with Gasteiger partial charge in [0.1, 0.15) is 17.7 Å². The molecule has 0 unspecified atom stereocenters. The quantitative estimate of drug-likeness (QED) is 0.899. The smallest absolute Gasteiger partial charge is 0.271 e. The lowest BCUT2D eigenvalue weighted by Gasteiger charge is -2.08. The van der Waals surface area contributed by atoms with E-state index >= 15 is 0 Å². The molecule has 0 radical (unpaired) electrons. The minimum Gasteiger partial charge on any atom is -0.366 e. The molecule has 0 spiro atoms. The van der Waals surface area contributed by atoms with E-state index in [1.165, 1.54) is 6.07 Å². The fourth-order valence-corrected chi connectivity index (χ4v) is 2.05. The molecule has 1 aliphatic carbocycles. The van der Waals surface area contributed by atoms with Crippen molar-refractivity contribution in [3.63, 3.8) is 0 Å². The summed E-state index contributed by atoms with van der Waals surface area (Å²) in [5, 5.41) is 12.1. The zero-order chi connectivity index (χ0) is 14.8. The normalized spacial score (nSPS) is 13.7. The van der Waals surface area contributed by atoms with Gasteiger partial charge >= 0.3 is 0 Å². The van der Waals surface area contributed by atoms with Crippen LogP contribution in [-0.2, 0) is 6.42 Å². The SMILES string of the molecule is N#Cc1c(NC2CC2)nc(Cc2ccccc2F)[nH]c1=O. The van der Waals surface area contributed by atoms with Gasteiger partial charge in [-0.1, -0.05) is 18.2 Å². The average molecular weight is 284 g/mol. The second-order valence-corrected chi connectivity index (χ2v) is 5.03.